The summed E-state index contributed by atoms with van der Waals surface area (Å²) < 4.78 is 27.0. The average Bonchev–Trinajstić information content (AvgIpc) is 2.98. The van der Waals surface area contributed by atoms with Crippen molar-refractivity contribution in [3.05, 3.63) is 24.3 Å². The molecule has 1 unspecified atom stereocenters. The van der Waals surface area contributed by atoms with Crippen molar-refractivity contribution in [1.29, 1.82) is 0 Å². The molecular weight excluding hydrogens is 382 g/mol. The molecule has 1 aromatic carbocycles. The fourth-order valence-corrected chi connectivity index (χ4v) is 5.13. The minimum Gasteiger partial charge on any atom is -0.326 e. The summed E-state index contributed by atoms with van der Waals surface area (Å²) in [4.78, 5) is 36.5. The van der Waals surface area contributed by atoms with E-state index in [4.69, 9.17) is 0 Å². The number of piperidine rings is 1. The summed E-state index contributed by atoms with van der Waals surface area (Å²) in [6.07, 6.45) is 2.30. The number of benzene rings is 1. The number of hydrogen-bond acceptors (Lipinski definition) is 5. The smallest absolute Gasteiger partial charge is 0.243 e. The van der Waals surface area contributed by atoms with Crippen molar-refractivity contribution in [3.63, 3.8) is 0 Å². The maximum Gasteiger partial charge on any atom is 0.243 e. The molecule has 0 bridgehead atoms. The largest absolute Gasteiger partial charge is 0.326 e. The van der Waals surface area contributed by atoms with Crippen LogP contribution in [-0.2, 0) is 24.4 Å². The topological polar surface area (TPSA) is 104 Å². The van der Waals surface area contributed by atoms with Crippen LogP contribution in [0.5, 0.6) is 0 Å². The minimum absolute atomic E-state index is 0.00317. The van der Waals surface area contributed by atoms with Crippen LogP contribution in [0.1, 0.15) is 39.0 Å². The molecular formula is C19H25N3O5S. The molecule has 2 saturated heterocycles. The van der Waals surface area contributed by atoms with Gasteiger partial charge >= 0.3 is 0 Å². The van der Waals surface area contributed by atoms with Gasteiger partial charge in [0.15, 0.2) is 0 Å². The highest BCUT2D eigenvalue weighted by atomic mass is 32.2. The van der Waals surface area contributed by atoms with Gasteiger partial charge in [0.05, 0.1) is 4.90 Å². The number of carbonyl (C=O) groups is 3. The Hall–Kier alpha value is -2.26. The number of imide groups is 1. The Kier molecular flexibility index (Phi) is 6.14. The maximum atomic E-state index is 12.7. The third-order valence-electron chi connectivity index (χ3n) is 5.11. The molecule has 0 spiro atoms. The lowest BCUT2D eigenvalue weighted by Gasteiger charge is -2.30. The van der Waals surface area contributed by atoms with Gasteiger partial charge in [-0.05, 0) is 43.0 Å². The number of nitrogens with one attached hydrogen (secondary N) is 1. The molecule has 0 saturated carbocycles. The fourth-order valence-electron chi connectivity index (χ4n) is 3.53. The summed E-state index contributed by atoms with van der Waals surface area (Å²) in [6.45, 7) is 3.15. The molecule has 1 N–H and O–H groups in total. The van der Waals surface area contributed by atoms with E-state index in [1.807, 2.05) is 6.92 Å². The van der Waals surface area contributed by atoms with Gasteiger partial charge in [-0.2, -0.15) is 4.31 Å². The minimum atomic E-state index is -3.53. The molecule has 2 fully saturated rings. The molecule has 2 heterocycles. The highest BCUT2D eigenvalue weighted by Gasteiger charge is 2.29. The predicted octanol–water partition coefficient (Wildman–Crippen LogP) is 1.58. The first-order valence-electron chi connectivity index (χ1n) is 9.50. The first kappa shape index (κ1) is 20.5. The van der Waals surface area contributed by atoms with E-state index in [0.717, 1.165) is 17.7 Å². The SMILES string of the molecule is CC1CCCN(S(=O)(=O)c2ccc(NC(=O)CCN3C(=O)CCC3=O)cc2)C1. The normalized spacial score (nSPS) is 21.2. The van der Waals surface area contributed by atoms with Gasteiger partial charge in [-0.25, -0.2) is 8.42 Å². The van der Waals surface area contributed by atoms with Crippen LogP contribution in [0.15, 0.2) is 29.2 Å². The van der Waals surface area contributed by atoms with E-state index >= 15 is 0 Å². The Morgan fingerprint density at radius 3 is 2.39 bits per heavy atom. The standard InChI is InChI=1S/C19H25N3O5S/c1-14-3-2-11-21(13-14)28(26,27)16-6-4-15(5-7-16)20-17(23)10-12-22-18(24)8-9-19(22)25/h4-7,14H,2-3,8-13H2,1H3,(H,20,23). The zero-order chi connectivity index (χ0) is 20.3. The molecule has 152 valence electrons. The molecule has 0 aromatic heterocycles. The lowest BCUT2D eigenvalue weighted by atomic mass is 10.0. The van der Waals surface area contributed by atoms with Crippen LogP contribution in [0.4, 0.5) is 5.69 Å². The molecule has 3 rings (SSSR count). The van der Waals surface area contributed by atoms with Crippen molar-refractivity contribution in [2.45, 2.75) is 43.9 Å². The lowest BCUT2D eigenvalue weighted by molar-refractivity contribution is -0.138. The quantitative estimate of drug-likeness (QED) is 0.721. The third kappa shape index (κ3) is 4.59. The van der Waals surface area contributed by atoms with Crippen molar-refractivity contribution in [2.75, 3.05) is 25.0 Å². The zero-order valence-corrected chi connectivity index (χ0v) is 16.7. The number of nitrogens with zero attached hydrogens (tertiary/aromatic N) is 2. The van der Waals surface area contributed by atoms with Gasteiger partial charge < -0.3 is 5.32 Å². The van der Waals surface area contributed by atoms with Gasteiger partial charge in [0.2, 0.25) is 27.7 Å². The van der Waals surface area contributed by atoms with Crippen LogP contribution in [0, 0.1) is 5.92 Å². The van der Waals surface area contributed by atoms with E-state index in [9.17, 15) is 22.8 Å². The average molecular weight is 407 g/mol. The Balaban J connectivity index is 1.57. The second-order valence-electron chi connectivity index (χ2n) is 7.37. The van der Waals surface area contributed by atoms with Crippen molar-refractivity contribution in [3.8, 4) is 0 Å². The van der Waals surface area contributed by atoms with Crippen molar-refractivity contribution in [2.24, 2.45) is 5.92 Å². The molecule has 0 radical (unpaired) electrons. The van der Waals surface area contributed by atoms with Crippen molar-refractivity contribution >= 4 is 33.4 Å². The van der Waals surface area contributed by atoms with Gasteiger partial charge in [-0.1, -0.05) is 6.92 Å². The summed E-state index contributed by atoms with van der Waals surface area (Å²) in [7, 11) is -3.53. The number of rotatable bonds is 6. The number of carbonyl (C=O) groups excluding carboxylic acids is 3. The first-order chi connectivity index (χ1) is 13.3. The summed E-state index contributed by atoms with van der Waals surface area (Å²) in [6, 6.07) is 6.06. The molecule has 9 heteroatoms. The molecule has 1 atom stereocenters. The van der Waals surface area contributed by atoms with E-state index in [1.165, 1.54) is 16.4 Å². The zero-order valence-electron chi connectivity index (χ0n) is 15.9. The molecule has 28 heavy (non-hydrogen) atoms. The fraction of sp³-hybridized carbons (Fsp3) is 0.526. The number of hydrogen-bond donors (Lipinski definition) is 1. The first-order valence-corrected chi connectivity index (χ1v) is 10.9. The monoisotopic (exact) mass is 407 g/mol. The number of anilines is 1. The van der Waals surface area contributed by atoms with E-state index in [1.54, 1.807) is 12.1 Å². The van der Waals surface area contributed by atoms with Gasteiger partial charge in [-0.3, -0.25) is 19.3 Å². The summed E-state index contributed by atoms with van der Waals surface area (Å²) in [5.41, 5.74) is 0.468. The van der Waals surface area contributed by atoms with E-state index in [2.05, 4.69) is 5.32 Å². The van der Waals surface area contributed by atoms with Crippen molar-refractivity contribution < 1.29 is 22.8 Å². The van der Waals surface area contributed by atoms with Crippen molar-refractivity contribution in [1.82, 2.24) is 9.21 Å². The summed E-state index contributed by atoms with van der Waals surface area (Å²) in [5.74, 6) is -0.497. The Bertz CT molecular complexity index is 850. The molecule has 3 amide bonds. The Morgan fingerprint density at radius 2 is 1.79 bits per heavy atom. The van der Waals surface area contributed by atoms with Crippen LogP contribution < -0.4 is 5.32 Å². The van der Waals surface area contributed by atoms with E-state index in [-0.39, 0.29) is 48.4 Å². The van der Waals surface area contributed by atoms with Gasteiger partial charge in [0.1, 0.15) is 0 Å². The Labute approximate surface area is 164 Å². The van der Waals surface area contributed by atoms with Crippen LogP contribution in [0.2, 0.25) is 0 Å². The molecule has 2 aliphatic heterocycles. The van der Waals surface area contributed by atoms with Gasteiger partial charge in [-0.15, -0.1) is 0 Å². The van der Waals surface area contributed by atoms with Crippen LogP contribution in [0.25, 0.3) is 0 Å². The predicted molar refractivity (Wildman–Crippen MR) is 103 cm³/mol. The van der Waals surface area contributed by atoms with Gasteiger partial charge in [0, 0.05) is 44.6 Å². The van der Waals surface area contributed by atoms with Crippen LogP contribution >= 0.6 is 0 Å². The maximum absolute atomic E-state index is 12.7. The number of amides is 3. The second kappa shape index (κ2) is 8.40. The van der Waals surface area contributed by atoms with E-state index < -0.39 is 10.0 Å². The highest BCUT2D eigenvalue weighted by Crippen LogP contribution is 2.24. The summed E-state index contributed by atoms with van der Waals surface area (Å²) in [5, 5.41) is 2.66. The molecule has 2 aliphatic rings. The van der Waals surface area contributed by atoms with Gasteiger partial charge in [0.25, 0.3) is 0 Å². The van der Waals surface area contributed by atoms with Crippen LogP contribution in [-0.4, -0.2) is 55.0 Å². The Morgan fingerprint density at radius 1 is 1.14 bits per heavy atom. The molecule has 1 aromatic rings. The molecule has 8 nitrogen and oxygen atoms in total. The number of likely N-dealkylation sites (tertiary alicyclic amines) is 1. The summed E-state index contributed by atoms with van der Waals surface area (Å²) >= 11 is 0. The highest BCUT2D eigenvalue weighted by molar-refractivity contribution is 7.89. The molecule has 0 aliphatic carbocycles. The van der Waals surface area contributed by atoms with Crippen LogP contribution in [0.3, 0.4) is 0 Å². The second-order valence-corrected chi connectivity index (χ2v) is 9.31. The third-order valence-corrected chi connectivity index (χ3v) is 6.99. The van der Waals surface area contributed by atoms with E-state index in [0.29, 0.717) is 24.7 Å². The lowest BCUT2D eigenvalue weighted by Crippen LogP contribution is -2.39. The number of sulfonamides is 1.